The molecule has 3 rings (SSSR count). The lowest BCUT2D eigenvalue weighted by atomic mass is 9.79. The summed E-state index contributed by atoms with van der Waals surface area (Å²) in [5, 5.41) is 2.88. The Bertz CT molecular complexity index is 604. The standard InChI is InChI=1S/C19H24FNO3/c1-13(14-4-5-14)21-17(22)12-24-18(23)19(10-2-3-11-19)15-6-8-16(20)9-7-15/h6-9,13-14H,2-5,10-12H2,1H3,(H,21,22)/t13-/m0/s1. The first-order chi connectivity index (χ1) is 11.5. The molecule has 0 aromatic heterocycles. The monoisotopic (exact) mass is 333 g/mol. The van der Waals surface area contributed by atoms with Crippen LogP contribution in [0.25, 0.3) is 0 Å². The Balaban J connectivity index is 1.62. The molecule has 2 aliphatic rings. The lowest BCUT2D eigenvalue weighted by molar-refractivity contribution is -0.154. The van der Waals surface area contributed by atoms with E-state index in [-0.39, 0.29) is 30.3 Å². The molecule has 1 atom stereocenters. The van der Waals surface area contributed by atoms with Gasteiger partial charge < -0.3 is 10.1 Å². The molecule has 2 saturated carbocycles. The molecular weight excluding hydrogens is 309 g/mol. The Kier molecular flexibility index (Phi) is 4.88. The highest BCUT2D eigenvalue weighted by atomic mass is 19.1. The maximum absolute atomic E-state index is 13.2. The number of esters is 1. The number of hydrogen-bond acceptors (Lipinski definition) is 3. The number of amides is 1. The van der Waals surface area contributed by atoms with Crippen molar-refractivity contribution in [2.45, 2.75) is 56.9 Å². The average molecular weight is 333 g/mol. The first kappa shape index (κ1) is 16.9. The number of hydrogen-bond donors (Lipinski definition) is 1. The minimum atomic E-state index is -0.740. The van der Waals surface area contributed by atoms with Crippen molar-refractivity contribution in [1.29, 1.82) is 0 Å². The van der Waals surface area contributed by atoms with Gasteiger partial charge in [-0.1, -0.05) is 25.0 Å². The zero-order valence-corrected chi connectivity index (χ0v) is 14.0. The number of carbonyl (C=O) groups is 2. The van der Waals surface area contributed by atoms with Crippen LogP contribution in [0, 0.1) is 11.7 Å². The van der Waals surface area contributed by atoms with Gasteiger partial charge >= 0.3 is 5.97 Å². The maximum Gasteiger partial charge on any atom is 0.317 e. The molecule has 1 amide bonds. The van der Waals surface area contributed by atoms with Crippen LogP contribution >= 0.6 is 0 Å². The van der Waals surface area contributed by atoms with Gasteiger partial charge in [0.1, 0.15) is 5.82 Å². The van der Waals surface area contributed by atoms with E-state index in [1.54, 1.807) is 12.1 Å². The Morgan fingerprint density at radius 1 is 1.25 bits per heavy atom. The van der Waals surface area contributed by atoms with Crippen LogP contribution in [0.1, 0.15) is 51.0 Å². The summed E-state index contributed by atoms with van der Waals surface area (Å²) in [6.07, 6.45) is 5.51. The molecule has 1 aromatic rings. The van der Waals surface area contributed by atoms with Gasteiger partial charge in [0.15, 0.2) is 6.61 Å². The molecule has 0 heterocycles. The SMILES string of the molecule is C[C@H](NC(=O)COC(=O)C1(c2ccc(F)cc2)CCCC1)C1CC1. The summed E-state index contributed by atoms with van der Waals surface area (Å²) in [6, 6.07) is 6.17. The molecule has 1 N–H and O–H groups in total. The topological polar surface area (TPSA) is 55.4 Å². The van der Waals surface area contributed by atoms with E-state index >= 15 is 0 Å². The molecule has 0 spiro atoms. The number of halogens is 1. The van der Waals surface area contributed by atoms with Gasteiger partial charge in [-0.25, -0.2) is 4.39 Å². The fraction of sp³-hybridized carbons (Fsp3) is 0.579. The summed E-state index contributed by atoms with van der Waals surface area (Å²) in [5.74, 6) is -0.394. The van der Waals surface area contributed by atoms with Crippen molar-refractivity contribution < 1.29 is 18.7 Å². The van der Waals surface area contributed by atoms with E-state index in [2.05, 4.69) is 5.32 Å². The first-order valence-electron chi connectivity index (χ1n) is 8.74. The highest BCUT2D eigenvalue weighted by Crippen LogP contribution is 2.42. The molecular formula is C19H24FNO3. The second kappa shape index (κ2) is 6.91. The molecule has 24 heavy (non-hydrogen) atoms. The molecule has 4 nitrogen and oxygen atoms in total. The van der Waals surface area contributed by atoms with Crippen molar-refractivity contribution in [2.24, 2.45) is 5.92 Å². The molecule has 5 heteroatoms. The van der Waals surface area contributed by atoms with Crippen LogP contribution in [0.2, 0.25) is 0 Å². The van der Waals surface area contributed by atoms with Crippen LogP contribution in [-0.2, 0) is 19.7 Å². The summed E-state index contributed by atoms with van der Waals surface area (Å²) < 4.78 is 18.5. The number of carbonyl (C=O) groups excluding carboxylic acids is 2. The van der Waals surface area contributed by atoms with Gasteiger partial charge in [0, 0.05) is 6.04 Å². The molecule has 0 saturated heterocycles. The summed E-state index contributed by atoms with van der Waals surface area (Å²) in [5.41, 5.74) is 0.0361. The van der Waals surface area contributed by atoms with Crippen LogP contribution in [0.4, 0.5) is 4.39 Å². The second-order valence-corrected chi connectivity index (χ2v) is 7.07. The Hall–Kier alpha value is -1.91. The van der Waals surface area contributed by atoms with Crippen molar-refractivity contribution in [1.82, 2.24) is 5.32 Å². The normalized spacial score (nSPS) is 20.4. The smallest absolute Gasteiger partial charge is 0.317 e. The summed E-state index contributed by atoms with van der Waals surface area (Å²) in [7, 11) is 0. The van der Waals surface area contributed by atoms with E-state index in [1.807, 2.05) is 6.92 Å². The van der Waals surface area contributed by atoms with E-state index in [9.17, 15) is 14.0 Å². The van der Waals surface area contributed by atoms with E-state index in [0.717, 1.165) is 31.2 Å². The minimum absolute atomic E-state index is 0.133. The van der Waals surface area contributed by atoms with Gasteiger partial charge in [-0.2, -0.15) is 0 Å². The van der Waals surface area contributed by atoms with Crippen LogP contribution in [0.5, 0.6) is 0 Å². The number of ether oxygens (including phenoxy) is 1. The third kappa shape index (κ3) is 3.60. The molecule has 0 unspecified atom stereocenters. The van der Waals surface area contributed by atoms with Gasteiger partial charge in [0.05, 0.1) is 5.41 Å². The highest BCUT2D eigenvalue weighted by molar-refractivity contribution is 5.86. The van der Waals surface area contributed by atoms with E-state index in [1.165, 1.54) is 12.1 Å². The molecule has 1 aromatic carbocycles. The fourth-order valence-electron chi connectivity index (χ4n) is 3.64. The number of nitrogens with one attached hydrogen (secondary N) is 1. The first-order valence-corrected chi connectivity index (χ1v) is 8.74. The molecule has 130 valence electrons. The van der Waals surface area contributed by atoms with E-state index < -0.39 is 5.41 Å². The van der Waals surface area contributed by atoms with Gasteiger partial charge in [0.25, 0.3) is 5.91 Å². The Morgan fingerprint density at radius 2 is 1.88 bits per heavy atom. The Labute approximate surface area is 141 Å². The van der Waals surface area contributed by atoms with E-state index in [0.29, 0.717) is 18.8 Å². The largest absolute Gasteiger partial charge is 0.455 e. The van der Waals surface area contributed by atoms with Crippen molar-refractivity contribution in [2.75, 3.05) is 6.61 Å². The molecule has 0 radical (unpaired) electrons. The van der Waals surface area contributed by atoms with Crippen molar-refractivity contribution in [3.05, 3.63) is 35.6 Å². The predicted molar refractivity (Wildman–Crippen MR) is 87.8 cm³/mol. The van der Waals surface area contributed by atoms with Gasteiger partial charge in [-0.15, -0.1) is 0 Å². The third-order valence-electron chi connectivity index (χ3n) is 5.30. The Morgan fingerprint density at radius 3 is 2.46 bits per heavy atom. The lowest BCUT2D eigenvalue weighted by Crippen LogP contribution is -2.40. The van der Waals surface area contributed by atoms with Gasteiger partial charge in [-0.3, -0.25) is 9.59 Å². The zero-order chi connectivity index (χ0) is 17.2. The van der Waals surface area contributed by atoms with Crippen molar-refractivity contribution in [3.8, 4) is 0 Å². The van der Waals surface area contributed by atoms with Crippen molar-refractivity contribution in [3.63, 3.8) is 0 Å². The highest BCUT2D eigenvalue weighted by Gasteiger charge is 2.44. The molecule has 0 aliphatic heterocycles. The third-order valence-corrected chi connectivity index (χ3v) is 5.30. The number of benzene rings is 1. The molecule has 2 fully saturated rings. The number of rotatable bonds is 6. The quantitative estimate of drug-likeness (QED) is 0.814. The zero-order valence-electron chi connectivity index (χ0n) is 14.0. The predicted octanol–water partition coefficient (Wildman–Crippen LogP) is 3.10. The summed E-state index contributed by atoms with van der Waals surface area (Å²) >= 11 is 0. The summed E-state index contributed by atoms with van der Waals surface area (Å²) in [4.78, 5) is 24.6. The summed E-state index contributed by atoms with van der Waals surface area (Å²) in [6.45, 7) is 1.73. The van der Waals surface area contributed by atoms with Crippen LogP contribution in [0.15, 0.2) is 24.3 Å². The lowest BCUT2D eigenvalue weighted by Gasteiger charge is -2.27. The molecule has 0 bridgehead atoms. The maximum atomic E-state index is 13.2. The fourth-order valence-corrected chi connectivity index (χ4v) is 3.64. The van der Waals surface area contributed by atoms with Gasteiger partial charge in [0.2, 0.25) is 0 Å². The van der Waals surface area contributed by atoms with Crippen LogP contribution < -0.4 is 5.32 Å². The minimum Gasteiger partial charge on any atom is -0.455 e. The van der Waals surface area contributed by atoms with Gasteiger partial charge in [-0.05, 0) is 56.2 Å². The van der Waals surface area contributed by atoms with E-state index in [4.69, 9.17) is 4.74 Å². The molecule has 2 aliphatic carbocycles. The second-order valence-electron chi connectivity index (χ2n) is 7.07. The average Bonchev–Trinajstić information content (AvgIpc) is 3.31. The van der Waals surface area contributed by atoms with Crippen molar-refractivity contribution >= 4 is 11.9 Å². The van der Waals surface area contributed by atoms with Crippen LogP contribution in [-0.4, -0.2) is 24.5 Å². The van der Waals surface area contributed by atoms with Crippen LogP contribution in [0.3, 0.4) is 0 Å².